The Balaban J connectivity index is 2.31. The highest BCUT2D eigenvalue weighted by atomic mass is 15.2. The van der Waals surface area contributed by atoms with E-state index in [-0.39, 0.29) is 0 Å². The minimum Gasteiger partial charge on any atom is -0.319 e. The van der Waals surface area contributed by atoms with Crippen LogP contribution < -0.4 is 5.32 Å². The molecule has 1 unspecified atom stereocenters. The quantitative estimate of drug-likeness (QED) is 0.747. The molecule has 1 aromatic rings. The maximum Gasteiger partial charge on any atom is 0.0521 e. The van der Waals surface area contributed by atoms with E-state index in [4.69, 9.17) is 0 Å². The minimum absolute atomic E-state index is 0.792. The van der Waals surface area contributed by atoms with E-state index in [0.717, 1.165) is 18.9 Å². The van der Waals surface area contributed by atoms with Gasteiger partial charge in [-0.1, -0.05) is 13.3 Å². The van der Waals surface area contributed by atoms with E-state index in [0.29, 0.717) is 0 Å². The molecule has 0 aliphatic rings. The van der Waals surface area contributed by atoms with Crippen molar-refractivity contribution in [2.24, 2.45) is 13.0 Å². The van der Waals surface area contributed by atoms with E-state index in [1.165, 1.54) is 18.4 Å². The van der Waals surface area contributed by atoms with E-state index in [9.17, 15) is 0 Å². The summed E-state index contributed by atoms with van der Waals surface area (Å²) in [6, 6.07) is 0. The first kappa shape index (κ1) is 11.2. The molecule has 3 heteroatoms. The standard InChI is InChI=1S/C11H21N3/c1-4-10(7-12-2)5-6-11-8-13-14(3)9-11/h8-10,12H,4-7H2,1-3H3. The summed E-state index contributed by atoms with van der Waals surface area (Å²) in [5, 5.41) is 7.41. The molecule has 0 radical (unpaired) electrons. The Hall–Kier alpha value is -0.830. The third kappa shape index (κ3) is 3.50. The van der Waals surface area contributed by atoms with E-state index in [1.807, 2.05) is 25.0 Å². The fourth-order valence-electron chi connectivity index (χ4n) is 1.71. The van der Waals surface area contributed by atoms with Crippen LogP contribution in [0.4, 0.5) is 0 Å². The first-order valence-electron chi connectivity index (χ1n) is 5.38. The van der Waals surface area contributed by atoms with Gasteiger partial charge in [0.2, 0.25) is 0 Å². The first-order valence-corrected chi connectivity index (χ1v) is 5.38. The summed E-state index contributed by atoms with van der Waals surface area (Å²) in [6.45, 7) is 3.38. The normalized spacial score (nSPS) is 13.1. The van der Waals surface area contributed by atoms with Crippen LogP contribution in [0.1, 0.15) is 25.3 Å². The van der Waals surface area contributed by atoms with Gasteiger partial charge in [-0.2, -0.15) is 5.10 Å². The Morgan fingerprint density at radius 2 is 2.36 bits per heavy atom. The average molecular weight is 195 g/mol. The molecule has 0 aliphatic carbocycles. The second kappa shape index (κ2) is 5.81. The van der Waals surface area contributed by atoms with Crippen LogP contribution in [0.3, 0.4) is 0 Å². The van der Waals surface area contributed by atoms with E-state index in [2.05, 4.69) is 23.5 Å². The summed E-state index contributed by atoms with van der Waals surface area (Å²) in [5.41, 5.74) is 1.35. The first-order chi connectivity index (χ1) is 6.76. The van der Waals surface area contributed by atoms with Crippen molar-refractivity contribution < 1.29 is 0 Å². The molecule has 0 aliphatic heterocycles. The van der Waals surface area contributed by atoms with Gasteiger partial charge < -0.3 is 5.32 Å². The lowest BCUT2D eigenvalue weighted by molar-refractivity contribution is 0.450. The second-order valence-corrected chi connectivity index (χ2v) is 3.89. The van der Waals surface area contributed by atoms with Crippen molar-refractivity contribution in [2.75, 3.05) is 13.6 Å². The van der Waals surface area contributed by atoms with E-state index in [1.54, 1.807) is 0 Å². The minimum atomic E-state index is 0.792. The molecule has 80 valence electrons. The maximum absolute atomic E-state index is 4.17. The Labute approximate surface area is 86.5 Å². The number of aryl methyl sites for hydroxylation is 2. The highest BCUT2D eigenvalue weighted by molar-refractivity contribution is 5.03. The molecule has 3 nitrogen and oxygen atoms in total. The third-order valence-corrected chi connectivity index (χ3v) is 2.67. The molecule has 14 heavy (non-hydrogen) atoms. The number of hydrogen-bond donors (Lipinski definition) is 1. The summed E-state index contributed by atoms with van der Waals surface area (Å²) >= 11 is 0. The fraction of sp³-hybridized carbons (Fsp3) is 0.727. The largest absolute Gasteiger partial charge is 0.319 e. The number of nitrogens with zero attached hydrogens (tertiary/aromatic N) is 2. The molecule has 1 aromatic heterocycles. The van der Waals surface area contributed by atoms with Crippen molar-refractivity contribution in [3.8, 4) is 0 Å². The van der Waals surface area contributed by atoms with Crippen LogP contribution in [0.25, 0.3) is 0 Å². The molecule has 0 aromatic carbocycles. The summed E-state index contributed by atoms with van der Waals surface area (Å²) in [6.07, 6.45) is 7.72. The van der Waals surface area contributed by atoms with Gasteiger partial charge >= 0.3 is 0 Å². The lowest BCUT2D eigenvalue weighted by Crippen LogP contribution is -2.18. The summed E-state index contributed by atoms with van der Waals surface area (Å²) in [7, 11) is 3.99. The van der Waals surface area contributed by atoms with Crippen LogP contribution >= 0.6 is 0 Å². The summed E-state index contributed by atoms with van der Waals surface area (Å²) in [5.74, 6) is 0.792. The lowest BCUT2D eigenvalue weighted by atomic mass is 9.98. The molecule has 1 N–H and O–H groups in total. The molecule has 0 fully saturated rings. The maximum atomic E-state index is 4.17. The van der Waals surface area contributed by atoms with Gasteiger partial charge in [-0.3, -0.25) is 4.68 Å². The zero-order valence-corrected chi connectivity index (χ0v) is 9.45. The Morgan fingerprint density at radius 3 is 2.86 bits per heavy atom. The van der Waals surface area contributed by atoms with Crippen LogP contribution in [-0.2, 0) is 13.5 Å². The van der Waals surface area contributed by atoms with Crippen molar-refractivity contribution in [2.45, 2.75) is 26.2 Å². The van der Waals surface area contributed by atoms with Gasteiger partial charge in [-0.15, -0.1) is 0 Å². The van der Waals surface area contributed by atoms with Crippen molar-refractivity contribution >= 4 is 0 Å². The predicted octanol–water partition coefficient (Wildman–Crippen LogP) is 1.60. The monoisotopic (exact) mass is 195 g/mol. The SMILES string of the molecule is CCC(CCc1cnn(C)c1)CNC. The van der Waals surface area contributed by atoms with Crippen molar-refractivity contribution in [1.82, 2.24) is 15.1 Å². The number of aromatic nitrogens is 2. The molecule has 0 saturated heterocycles. The van der Waals surface area contributed by atoms with Gasteiger partial charge in [0, 0.05) is 13.2 Å². The molecule has 0 amide bonds. The van der Waals surface area contributed by atoms with Crippen LogP contribution in [0.5, 0.6) is 0 Å². The number of hydrogen-bond acceptors (Lipinski definition) is 2. The molecule has 1 atom stereocenters. The smallest absolute Gasteiger partial charge is 0.0521 e. The summed E-state index contributed by atoms with van der Waals surface area (Å²) in [4.78, 5) is 0. The molecular formula is C11H21N3. The van der Waals surface area contributed by atoms with Gasteiger partial charge in [-0.05, 0) is 37.9 Å². The van der Waals surface area contributed by atoms with Gasteiger partial charge in [-0.25, -0.2) is 0 Å². The van der Waals surface area contributed by atoms with Gasteiger partial charge in [0.05, 0.1) is 6.20 Å². The highest BCUT2D eigenvalue weighted by Gasteiger charge is 2.05. The third-order valence-electron chi connectivity index (χ3n) is 2.67. The molecule has 0 spiro atoms. The van der Waals surface area contributed by atoms with Crippen LogP contribution in [-0.4, -0.2) is 23.4 Å². The zero-order valence-electron chi connectivity index (χ0n) is 9.45. The van der Waals surface area contributed by atoms with Crippen LogP contribution in [0.15, 0.2) is 12.4 Å². The highest BCUT2D eigenvalue weighted by Crippen LogP contribution is 2.11. The van der Waals surface area contributed by atoms with Crippen LogP contribution in [0.2, 0.25) is 0 Å². The van der Waals surface area contributed by atoms with E-state index >= 15 is 0 Å². The number of nitrogens with one attached hydrogen (secondary N) is 1. The number of rotatable bonds is 6. The summed E-state index contributed by atoms with van der Waals surface area (Å²) < 4.78 is 1.87. The van der Waals surface area contributed by atoms with E-state index < -0.39 is 0 Å². The van der Waals surface area contributed by atoms with Crippen molar-refractivity contribution in [3.05, 3.63) is 18.0 Å². The molecule has 0 saturated carbocycles. The second-order valence-electron chi connectivity index (χ2n) is 3.89. The molecule has 1 heterocycles. The van der Waals surface area contributed by atoms with Gasteiger partial charge in [0.25, 0.3) is 0 Å². The Morgan fingerprint density at radius 1 is 1.57 bits per heavy atom. The van der Waals surface area contributed by atoms with Gasteiger partial charge in [0.15, 0.2) is 0 Å². The molecule has 0 bridgehead atoms. The topological polar surface area (TPSA) is 29.9 Å². The van der Waals surface area contributed by atoms with Crippen molar-refractivity contribution in [1.29, 1.82) is 0 Å². The molecular weight excluding hydrogens is 174 g/mol. The van der Waals surface area contributed by atoms with Gasteiger partial charge in [0.1, 0.15) is 0 Å². The Bertz CT molecular complexity index is 255. The van der Waals surface area contributed by atoms with Crippen LogP contribution in [0, 0.1) is 5.92 Å². The van der Waals surface area contributed by atoms with Crippen molar-refractivity contribution in [3.63, 3.8) is 0 Å². The average Bonchev–Trinajstić information content (AvgIpc) is 2.59. The fourth-order valence-corrected chi connectivity index (χ4v) is 1.71. The lowest BCUT2D eigenvalue weighted by Gasteiger charge is -2.12. The zero-order chi connectivity index (χ0) is 10.4. The predicted molar refractivity (Wildman–Crippen MR) is 59.2 cm³/mol. The Kier molecular flexibility index (Phi) is 4.66. The molecule has 1 rings (SSSR count).